The van der Waals surface area contributed by atoms with E-state index in [9.17, 15) is 14.4 Å². The summed E-state index contributed by atoms with van der Waals surface area (Å²) < 4.78 is 0. The standard InChI is InChI=1S/C23H29N3O3/c1-4-20(17-8-6-5-7-9-17)23(29)25-15-14-24-22(28)18-10-12-19(13-11-18)26-21(27)16(2)3/h5-13,16,20H,4,14-15H2,1-3H3,(H,24,28)(H,25,29)(H,26,27)/t20-/m1/s1. The average Bonchev–Trinajstić information content (AvgIpc) is 2.73. The van der Waals surface area contributed by atoms with E-state index in [4.69, 9.17) is 0 Å². The van der Waals surface area contributed by atoms with Crippen LogP contribution in [0.4, 0.5) is 5.69 Å². The van der Waals surface area contributed by atoms with Crippen molar-refractivity contribution in [1.82, 2.24) is 10.6 Å². The molecule has 154 valence electrons. The molecular weight excluding hydrogens is 366 g/mol. The molecule has 0 fully saturated rings. The molecule has 0 saturated heterocycles. The Hall–Kier alpha value is -3.15. The van der Waals surface area contributed by atoms with Gasteiger partial charge in [0.25, 0.3) is 5.91 Å². The first kappa shape index (κ1) is 22.1. The predicted molar refractivity (Wildman–Crippen MR) is 115 cm³/mol. The Morgan fingerprint density at radius 1 is 0.828 bits per heavy atom. The Morgan fingerprint density at radius 2 is 1.45 bits per heavy atom. The highest BCUT2D eigenvalue weighted by Crippen LogP contribution is 2.19. The predicted octanol–water partition coefficient (Wildman–Crippen LogP) is 3.32. The van der Waals surface area contributed by atoms with Gasteiger partial charge < -0.3 is 16.0 Å². The van der Waals surface area contributed by atoms with Crippen LogP contribution in [0.25, 0.3) is 0 Å². The van der Waals surface area contributed by atoms with Crippen molar-refractivity contribution in [2.45, 2.75) is 33.1 Å². The van der Waals surface area contributed by atoms with E-state index in [1.165, 1.54) is 0 Å². The molecule has 0 heterocycles. The maximum absolute atomic E-state index is 12.4. The lowest BCUT2D eigenvalue weighted by Gasteiger charge is -2.15. The van der Waals surface area contributed by atoms with Crippen LogP contribution >= 0.6 is 0 Å². The van der Waals surface area contributed by atoms with Crippen LogP contribution in [0, 0.1) is 5.92 Å². The number of nitrogens with one attached hydrogen (secondary N) is 3. The SMILES string of the molecule is CC[C@@H](C(=O)NCCNC(=O)c1ccc(NC(=O)C(C)C)cc1)c1ccccc1. The fourth-order valence-corrected chi connectivity index (χ4v) is 2.84. The molecule has 6 heteroatoms. The summed E-state index contributed by atoms with van der Waals surface area (Å²) >= 11 is 0. The Bertz CT molecular complexity index is 817. The van der Waals surface area contributed by atoms with E-state index < -0.39 is 0 Å². The van der Waals surface area contributed by atoms with E-state index in [0.29, 0.717) is 30.8 Å². The van der Waals surface area contributed by atoms with Crippen molar-refractivity contribution in [1.29, 1.82) is 0 Å². The zero-order valence-corrected chi connectivity index (χ0v) is 17.2. The van der Waals surface area contributed by atoms with Crippen LogP contribution < -0.4 is 16.0 Å². The van der Waals surface area contributed by atoms with E-state index in [-0.39, 0.29) is 29.6 Å². The fourth-order valence-electron chi connectivity index (χ4n) is 2.84. The molecule has 2 aromatic carbocycles. The zero-order chi connectivity index (χ0) is 21.2. The minimum absolute atomic E-state index is 0.0433. The molecule has 2 rings (SSSR count). The van der Waals surface area contributed by atoms with Gasteiger partial charge in [0, 0.05) is 30.3 Å². The summed E-state index contributed by atoms with van der Waals surface area (Å²) in [5.74, 6) is -0.643. The molecule has 29 heavy (non-hydrogen) atoms. The van der Waals surface area contributed by atoms with Crippen molar-refractivity contribution >= 4 is 23.4 Å². The third-order valence-electron chi connectivity index (χ3n) is 4.58. The summed E-state index contributed by atoms with van der Waals surface area (Å²) in [5.41, 5.74) is 2.13. The summed E-state index contributed by atoms with van der Waals surface area (Å²) in [6.07, 6.45) is 0.710. The summed E-state index contributed by atoms with van der Waals surface area (Å²) in [5, 5.41) is 8.45. The van der Waals surface area contributed by atoms with Gasteiger partial charge in [-0.15, -0.1) is 0 Å². The third kappa shape index (κ3) is 6.75. The minimum atomic E-state index is -0.226. The van der Waals surface area contributed by atoms with Gasteiger partial charge in [-0.2, -0.15) is 0 Å². The highest BCUT2D eigenvalue weighted by atomic mass is 16.2. The molecule has 3 amide bonds. The van der Waals surface area contributed by atoms with Gasteiger partial charge in [0.15, 0.2) is 0 Å². The number of anilines is 1. The first-order chi connectivity index (χ1) is 13.9. The monoisotopic (exact) mass is 395 g/mol. The van der Waals surface area contributed by atoms with Crippen LogP contribution in [0.15, 0.2) is 54.6 Å². The molecular formula is C23H29N3O3. The van der Waals surface area contributed by atoms with Gasteiger partial charge in [-0.1, -0.05) is 51.1 Å². The molecule has 1 atom stereocenters. The summed E-state index contributed by atoms with van der Waals surface area (Å²) in [4.78, 5) is 36.3. The van der Waals surface area contributed by atoms with Gasteiger partial charge in [-0.25, -0.2) is 0 Å². The molecule has 0 unspecified atom stereocenters. The van der Waals surface area contributed by atoms with Gasteiger partial charge in [-0.3, -0.25) is 14.4 Å². The van der Waals surface area contributed by atoms with Crippen molar-refractivity contribution in [3.05, 3.63) is 65.7 Å². The van der Waals surface area contributed by atoms with Crippen molar-refractivity contribution in [3.8, 4) is 0 Å². The second-order valence-electron chi connectivity index (χ2n) is 7.14. The number of hydrogen-bond acceptors (Lipinski definition) is 3. The highest BCUT2D eigenvalue weighted by Gasteiger charge is 2.17. The first-order valence-corrected chi connectivity index (χ1v) is 9.94. The maximum atomic E-state index is 12.4. The number of amides is 3. The summed E-state index contributed by atoms with van der Waals surface area (Å²) in [6, 6.07) is 16.4. The molecule has 0 spiro atoms. The highest BCUT2D eigenvalue weighted by molar-refractivity contribution is 5.96. The molecule has 0 aliphatic heterocycles. The molecule has 0 aliphatic carbocycles. The smallest absolute Gasteiger partial charge is 0.251 e. The molecule has 6 nitrogen and oxygen atoms in total. The normalized spacial score (nSPS) is 11.6. The Morgan fingerprint density at radius 3 is 2.03 bits per heavy atom. The van der Waals surface area contributed by atoms with Crippen LogP contribution in [-0.4, -0.2) is 30.8 Å². The Labute approximate surface area is 172 Å². The zero-order valence-electron chi connectivity index (χ0n) is 17.2. The summed E-state index contributed by atoms with van der Waals surface area (Å²) in [7, 11) is 0. The number of hydrogen-bond donors (Lipinski definition) is 3. The fraction of sp³-hybridized carbons (Fsp3) is 0.348. The minimum Gasteiger partial charge on any atom is -0.354 e. The average molecular weight is 396 g/mol. The van der Waals surface area contributed by atoms with Crippen LogP contribution in [0.5, 0.6) is 0 Å². The lowest BCUT2D eigenvalue weighted by atomic mass is 9.96. The second-order valence-corrected chi connectivity index (χ2v) is 7.14. The van der Waals surface area contributed by atoms with Crippen molar-refractivity contribution in [2.75, 3.05) is 18.4 Å². The van der Waals surface area contributed by atoms with Crippen LogP contribution in [-0.2, 0) is 9.59 Å². The van der Waals surface area contributed by atoms with Crippen molar-refractivity contribution in [3.63, 3.8) is 0 Å². The van der Waals surface area contributed by atoms with E-state index >= 15 is 0 Å². The summed E-state index contributed by atoms with van der Waals surface area (Å²) in [6.45, 7) is 6.31. The Balaban J connectivity index is 1.78. The second kappa shape index (κ2) is 11.0. The van der Waals surface area contributed by atoms with Crippen LogP contribution in [0.3, 0.4) is 0 Å². The van der Waals surface area contributed by atoms with Gasteiger partial charge in [0.1, 0.15) is 0 Å². The van der Waals surface area contributed by atoms with Crippen LogP contribution in [0.1, 0.15) is 49.0 Å². The van der Waals surface area contributed by atoms with Crippen molar-refractivity contribution in [2.24, 2.45) is 5.92 Å². The van der Waals surface area contributed by atoms with Crippen molar-refractivity contribution < 1.29 is 14.4 Å². The van der Waals surface area contributed by atoms with Gasteiger partial charge in [0.2, 0.25) is 11.8 Å². The molecule has 0 bridgehead atoms. The number of rotatable bonds is 9. The topological polar surface area (TPSA) is 87.3 Å². The number of carbonyl (C=O) groups is 3. The van der Waals surface area contributed by atoms with Crippen LogP contribution in [0.2, 0.25) is 0 Å². The molecule has 2 aromatic rings. The van der Waals surface area contributed by atoms with Gasteiger partial charge >= 0.3 is 0 Å². The number of benzene rings is 2. The lowest BCUT2D eigenvalue weighted by molar-refractivity contribution is -0.122. The molecule has 0 aliphatic rings. The van der Waals surface area contributed by atoms with Gasteiger partial charge in [0.05, 0.1) is 5.92 Å². The molecule has 3 N–H and O–H groups in total. The molecule has 0 radical (unpaired) electrons. The lowest BCUT2D eigenvalue weighted by Crippen LogP contribution is -2.36. The molecule has 0 aromatic heterocycles. The van der Waals surface area contributed by atoms with E-state index in [0.717, 1.165) is 5.56 Å². The maximum Gasteiger partial charge on any atom is 0.251 e. The van der Waals surface area contributed by atoms with Gasteiger partial charge in [-0.05, 0) is 36.2 Å². The van der Waals surface area contributed by atoms with E-state index in [2.05, 4.69) is 16.0 Å². The first-order valence-electron chi connectivity index (χ1n) is 9.94. The quantitative estimate of drug-likeness (QED) is 0.569. The number of carbonyl (C=O) groups excluding carboxylic acids is 3. The van der Waals surface area contributed by atoms with E-state index in [1.807, 2.05) is 51.1 Å². The Kier molecular flexibility index (Phi) is 8.40. The molecule has 0 saturated carbocycles. The largest absolute Gasteiger partial charge is 0.354 e. The van der Waals surface area contributed by atoms with E-state index in [1.54, 1.807) is 24.3 Å². The third-order valence-corrected chi connectivity index (χ3v) is 4.58.